The molecule has 0 radical (unpaired) electrons. The molecule has 0 bridgehead atoms. The zero-order valence-electron chi connectivity index (χ0n) is 16.0. The Hall–Kier alpha value is -2.57. The molecule has 0 saturated carbocycles. The van der Waals surface area contributed by atoms with Crippen molar-refractivity contribution in [3.05, 3.63) is 24.3 Å². The van der Waals surface area contributed by atoms with E-state index < -0.39 is 18.0 Å². The molecule has 1 aliphatic heterocycles. The molecule has 1 heterocycles. The molecule has 7 nitrogen and oxygen atoms in total. The van der Waals surface area contributed by atoms with Gasteiger partial charge in [-0.25, -0.2) is 0 Å². The summed E-state index contributed by atoms with van der Waals surface area (Å²) in [6, 6.07) is 6.99. The van der Waals surface area contributed by atoms with Gasteiger partial charge in [0.25, 0.3) is 11.8 Å². The third-order valence-electron chi connectivity index (χ3n) is 4.55. The molecule has 0 saturated heterocycles. The molecule has 2 atom stereocenters. The van der Waals surface area contributed by atoms with Crippen molar-refractivity contribution in [3.8, 4) is 5.75 Å². The van der Waals surface area contributed by atoms with Crippen molar-refractivity contribution in [1.29, 1.82) is 0 Å². The number of hydrogen-bond acceptors (Lipinski definition) is 5. The van der Waals surface area contributed by atoms with Crippen LogP contribution in [0.1, 0.15) is 46.0 Å². The van der Waals surface area contributed by atoms with Crippen LogP contribution in [0.4, 0.5) is 5.69 Å². The van der Waals surface area contributed by atoms with Crippen molar-refractivity contribution in [2.75, 3.05) is 18.5 Å². The van der Waals surface area contributed by atoms with Crippen molar-refractivity contribution >= 4 is 23.5 Å². The van der Waals surface area contributed by atoms with E-state index in [0.29, 0.717) is 23.9 Å². The molecule has 0 aromatic heterocycles. The van der Waals surface area contributed by atoms with Crippen LogP contribution in [0.2, 0.25) is 0 Å². The fourth-order valence-corrected chi connectivity index (χ4v) is 2.84. The van der Waals surface area contributed by atoms with Gasteiger partial charge in [0.1, 0.15) is 5.75 Å². The summed E-state index contributed by atoms with van der Waals surface area (Å²) in [6.45, 7) is 4.46. The summed E-state index contributed by atoms with van der Waals surface area (Å²) in [5.74, 6) is -0.452. The Kier molecular flexibility index (Phi) is 8.10. The Morgan fingerprint density at radius 3 is 2.81 bits per heavy atom. The maximum absolute atomic E-state index is 12.0. The molecule has 0 spiro atoms. The lowest BCUT2D eigenvalue weighted by molar-refractivity contribution is -0.151. The number of fused-ring (bicyclic) bond motifs is 1. The summed E-state index contributed by atoms with van der Waals surface area (Å²) in [5.41, 5.74) is 0.569. The van der Waals surface area contributed by atoms with Gasteiger partial charge in [0.05, 0.1) is 12.1 Å². The SMILES string of the molecule is CCCC[C@@H](CC)CNC(=O)COC(=O)C[C@H]1Oc2ccccc2NC1=O. The molecule has 0 unspecified atom stereocenters. The van der Waals surface area contributed by atoms with Gasteiger partial charge in [0, 0.05) is 6.54 Å². The summed E-state index contributed by atoms with van der Waals surface area (Å²) in [6.07, 6.45) is 3.12. The predicted octanol–water partition coefficient (Wildman–Crippen LogP) is 2.65. The highest BCUT2D eigenvalue weighted by Gasteiger charge is 2.30. The Morgan fingerprint density at radius 2 is 2.07 bits per heavy atom. The first kappa shape index (κ1) is 20.7. The Bertz CT molecular complexity index is 662. The van der Waals surface area contributed by atoms with E-state index in [1.54, 1.807) is 24.3 Å². The first-order chi connectivity index (χ1) is 13.0. The van der Waals surface area contributed by atoms with E-state index in [0.717, 1.165) is 25.7 Å². The number of unbranched alkanes of at least 4 members (excludes halogenated alkanes) is 1. The second-order valence-electron chi connectivity index (χ2n) is 6.68. The number of ether oxygens (including phenoxy) is 2. The highest BCUT2D eigenvalue weighted by molar-refractivity contribution is 5.99. The van der Waals surface area contributed by atoms with E-state index in [-0.39, 0.29) is 18.9 Å². The Morgan fingerprint density at radius 1 is 1.30 bits per heavy atom. The quantitative estimate of drug-likeness (QED) is 0.612. The fraction of sp³-hybridized carbons (Fsp3) is 0.550. The van der Waals surface area contributed by atoms with Crippen molar-refractivity contribution in [2.45, 2.75) is 52.1 Å². The predicted molar refractivity (Wildman–Crippen MR) is 101 cm³/mol. The number of esters is 1. The summed E-state index contributed by atoms with van der Waals surface area (Å²) in [4.78, 5) is 35.8. The minimum Gasteiger partial charge on any atom is -0.478 e. The Balaban J connectivity index is 1.71. The number of carbonyl (C=O) groups excluding carboxylic acids is 3. The van der Waals surface area contributed by atoms with Crippen LogP contribution in [0, 0.1) is 5.92 Å². The second-order valence-corrected chi connectivity index (χ2v) is 6.68. The van der Waals surface area contributed by atoms with Crippen LogP contribution in [0.5, 0.6) is 5.75 Å². The van der Waals surface area contributed by atoms with Crippen LogP contribution in [-0.2, 0) is 19.1 Å². The zero-order valence-corrected chi connectivity index (χ0v) is 16.0. The van der Waals surface area contributed by atoms with Gasteiger partial charge in [0.15, 0.2) is 12.7 Å². The lowest BCUT2D eigenvalue weighted by Gasteiger charge is -2.25. The number of hydrogen-bond donors (Lipinski definition) is 2. The third kappa shape index (κ3) is 6.58. The van der Waals surface area contributed by atoms with Crippen LogP contribution in [0.25, 0.3) is 0 Å². The van der Waals surface area contributed by atoms with E-state index in [1.165, 1.54) is 0 Å². The largest absolute Gasteiger partial charge is 0.478 e. The van der Waals surface area contributed by atoms with Gasteiger partial charge in [-0.15, -0.1) is 0 Å². The third-order valence-corrected chi connectivity index (χ3v) is 4.55. The van der Waals surface area contributed by atoms with Crippen molar-refractivity contribution in [1.82, 2.24) is 5.32 Å². The van der Waals surface area contributed by atoms with Gasteiger partial charge in [0.2, 0.25) is 0 Å². The maximum Gasteiger partial charge on any atom is 0.310 e. The number of carbonyl (C=O) groups is 3. The highest BCUT2D eigenvalue weighted by Crippen LogP contribution is 2.29. The standard InChI is InChI=1S/C20H28N2O5/c1-3-5-8-14(4-2)12-21-18(23)13-26-19(24)11-17-20(25)22-15-9-6-7-10-16(15)27-17/h6-7,9-10,14,17H,3-5,8,11-13H2,1-2H3,(H,21,23)(H,22,25)/t14-,17-/m1/s1. The number of nitrogens with one attached hydrogen (secondary N) is 2. The lowest BCUT2D eigenvalue weighted by Crippen LogP contribution is -2.39. The van der Waals surface area contributed by atoms with Crippen molar-refractivity contribution < 1.29 is 23.9 Å². The van der Waals surface area contributed by atoms with Crippen LogP contribution < -0.4 is 15.4 Å². The van der Waals surface area contributed by atoms with E-state index in [1.807, 2.05) is 0 Å². The smallest absolute Gasteiger partial charge is 0.310 e. The molecule has 1 aliphatic rings. The maximum atomic E-state index is 12.0. The van der Waals surface area contributed by atoms with Gasteiger partial charge >= 0.3 is 5.97 Å². The molecule has 1 aromatic rings. The Labute approximate surface area is 159 Å². The summed E-state index contributed by atoms with van der Waals surface area (Å²) >= 11 is 0. The molecule has 0 fully saturated rings. The van der Waals surface area contributed by atoms with Crippen molar-refractivity contribution in [3.63, 3.8) is 0 Å². The van der Waals surface area contributed by atoms with E-state index in [4.69, 9.17) is 9.47 Å². The van der Waals surface area contributed by atoms with Gasteiger partial charge in [-0.3, -0.25) is 14.4 Å². The number of rotatable bonds is 10. The zero-order chi connectivity index (χ0) is 19.6. The molecule has 27 heavy (non-hydrogen) atoms. The molecule has 148 valence electrons. The van der Waals surface area contributed by atoms with E-state index >= 15 is 0 Å². The minimum absolute atomic E-state index is 0.248. The fourth-order valence-electron chi connectivity index (χ4n) is 2.84. The molecule has 7 heteroatoms. The summed E-state index contributed by atoms with van der Waals surface area (Å²) in [5, 5.41) is 5.48. The van der Waals surface area contributed by atoms with Crippen LogP contribution in [-0.4, -0.2) is 37.0 Å². The average Bonchev–Trinajstić information content (AvgIpc) is 2.67. The molecule has 0 aliphatic carbocycles. The molecular weight excluding hydrogens is 348 g/mol. The normalized spacial score (nSPS) is 16.5. The summed E-state index contributed by atoms with van der Waals surface area (Å²) < 4.78 is 10.5. The number of benzene rings is 1. The molecule has 2 rings (SSSR count). The highest BCUT2D eigenvalue weighted by atomic mass is 16.5. The van der Waals surface area contributed by atoms with Gasteiger partial charge < -0.3 is 20.1 Å². The average molecular weight is 376 g/mol. The first-order valence-electron chi connectivity index (χ1n) is 9.52. The summed E-state index contributed by atoms with van der Waals surface area (Å²) in [7, 11) is 0. The molecule has 1 aromatic carbocycles. The molecule has 2 N–H and O–H groups in total. The monoisotopic (exact) mass is 376 g/mol. The minimum atomic E-state index is -0.964. The molecular formula is C20H28N2O5. The van der Waals surface area contributed by atoms with Gasteiger partial charge in [-0.05, 0) is 24.5 Å². The van der Waals surface area contributed by atoms with E-state index in [2.05, 4.69) is 24.5 Å². The van der Waals surface area contributed by atoms with Gasteiger partial charge in [-0.2, -0.15) is 0 Å². The topological polar surface area (TPSA) is 93.7 Å². The van der Waals surface area contributed by atoms with Crippen molar-refractivity contribution in [2.24, 2.45) is 5.92 Å². The van der Waals surface area contributed by atoms with Crippen LogP contribution in [0.15, 0.2) is 24.3 Å². The van der Waals surface area contributed by atoms with Crippen LogP contribution >= 0.6 is 0 Å². The number of para-hydroxylation sites is 2. The first-order valence-corrected chi connectivity index (χ1v) is 9.52. The van der Waals surface area contributed by atoms with Gasteiger partial charge in [-0.1, -0.05) is 45.2 Å². The van der Waals surface area contributed by atoms with E-state index in [9.17, 15) is 14.4 Å². The van der Waals surface area contributed by atoms with Crippen LogP contribution in [0.3, 0.4) is 0 Å². The lowest BCUT2D eigenvalue weighted by atomic mass is 9.99. The second kappa shape index (κ2) is 10.5. The number of amides is 2. The number of anilines is 1. The molecule has 2 amide bonds.